The smallest absolute Gasteiger partial charge is 0.238 e. The Kier molecular flexibility index (Phi) is 5.11. The summed E-state index contributed by atoms with van der Waals surface area (Å²) in [6, 6.07) is 6.80. The predicted octanol–water partition coefficient (Wildman–Crippen LogP) is 2.52. The van der Waals surface area contributed by atoms with Crippen molar-refractivity contribution in [2.24, 2.45) is 0 Å². The predicted molar refractivity (Wildman–Crippen MR) is 83.0 cm³/mol. The molecule has 6 heteroatoms. The summed E-state index contributed by atoms with van der Waals surface area (Å²) in [5.41, 5.74) is 0.490. The van der Waals surface area contributed by atoms with Crippen LogP contribution in [0.2, 0.25) is 0 Å². The zero-order chi connectivity index (χ0) is 15.5. The van der Waals surface area contributed by atoms with Crippen molar-refractivity contribution >= 4 is 15.7 Å². The number of aliphatic hydroxyl groups is 1. The molecule has 0 amide bonds. The van der Waals surface area contributed by atoms with Gasteiger partial charge in [-0.25, -0.2) is 8.42 Å². The Hall–Kier alpha value is -1.27. The molecule has 1 saturated carbocycles. The molecule has 5 nitrogen and oxygen atoms in total. The minimum Gasteiger partial charge on any atom is -0.491 e. The molecule has 1 aliphatic carbocycles. The molecule has 0 spiro atoms. The van der Waals surface area contributed by atoms with Crippen LogP contribution in [0.3, 0.4) is 0 Å². The minimum absolute atomic E-state index is 0.0740. The molecule has 1 aromatic rings. The maximum Gasteiger partial charge on any atom is 0.238 e. The first-order chi connectivity index (χ1) is 9.88. The molecule has 0 radical (unpaired) electrons. The van der Waals surface area contributed by atoms with E-state index in [1.165, 1.54) is 0 Å². The molecule has 1 fully saturated rings. The third-order valence-electron chi connectivity index (χ3n) is 3.55. The van der Waals surface area contributed by atoms with Gasteiger partial charge in [0.25, 0.3) is 0 Å². The van der Waals surface area contributed by atoms with Crippen LogP contribution in [0.1, 0.15) is 39.5 Å². The van der Waals surface area contributed by atoms with E-state index in [0.717, 1.165) is 12.8 Å². The molecule has 1 aromatic carbocycles. The lowest BCUT2D eigenvalue weighted by molar-refractivity contribution is 0.133. The monoisotopic (exact) mass is 313 g/mol. The van der Waals surface area contributed by atoms with Gasteiger partial charge in [0, 0.05) is 5.69 Å². The first-order valence-corrected chi connectivity index (χ1v) is 8.89. The Labute approximate surface area is 126 Å². The second kappa shape index (κ2) is 6.66. The van der Waals surface area contributed by atoms with E-state index in [1.54, 1.807) is 24.3 Å². The largest absolute Gasteiger partial charge is 0.491 e. The fraction of sp³-hybridized carbons (Fsp3) is 0.600. The topological polar surface area (TPSA) is 75.6 Å². The van der Waals surface area contributed by atoms with E-state index in [0.29, 0.717) is 24.3 Å². The highest BCUT2D eigenvalue weighted by Gasteiger charge is 2.34. The number of aliphatic hydroxyl groups excluding tert-OH is 1. The molecule has 118 valence electrons. The second-order valence-electron chi connectivity index (χ2n) is 5.73. The Morgan fingerprint density at radius 2 is 1.81 bits per heavy atom. The summed E-state index contributed by atoms with van der Waals surface area (Å²) in [5.74, 6) is 0.700. The number of anilines is 1. The molecule has 0 aromatic heterocycles. The third-order valence-corrected chi connectivity index (χ3v) is 5.42. The van der Waals surface area contributed by atoms with Crippen molar-refractivity contribution in [3.63, 3.8) is 0 Å². The van der Waals surface area contributed by atoms with Crippen LogP contribution in [-0.4, -0.2) is 31.0 Å². The van der Waals surface area contributed by atoms with Crippen molar-refractivity contribution in [1.82, 2.24) is 0 Å². The van der Waals surface area contributed by atoms with Gasteiger partial charge in [0.2, 0.25) is 10.0 Å². The summed E-state index contributed by atoms with van der Waals surface area (Å²) in [6.45, 7) is 3.86. The summed E-state index contributed by atoms with van der Waals surface area (Å²) in [7, 11) is -3.56. The number of benzene rings is 1. The van der Waals surface area contributed by atoms with E-state index in [-0.39, 0.29) is 6.10 Å². The van der Waals surface area contributed by atoms with Gasteiger partial charge in [-0.1, -0.05) is 12.8 Å². The molecule has 0 heterocycles. The molecule has 0 saturated heterocycles. The number of hydrogen-bond donors (Lipinski definition) is 2. The highest BCUT2D eigenvalue weighted by Crippen LogP contribution is 2.26. The van der Waals surface area contributed by atoms with Gasteiger partial charge in [0.1, 0.15) is 11.0 Å². The van der Waals surface area contributed by atoms with Crippen molar-refractivity contribution in [2.75, 3.05) is 4.72 Å². The molecular weight excluding hydrogens is 290 g/mol. The SMILES string of the molecule is CC(C)Oc1ccc(NS(=O)(=O)C2CCCCC2O)cc1. The number of ether oxygens (including phenoxy) is 1. The van der Waals surface area contributed by atoms with E-state index < -0.39 is 21.4 Å². The summed E-state index contributed by atoms with van der Waals surface area (Å²) in [5, 5.41) is 9.16. The van der Waals surface area contributed by atoms with Crippen LogP contribution in [0.25, 0.3) is 0 Å². The average Bonchev–Trinajstić information content (AvgIpc) is 2.40. The molecule has 2 N–H and O–H groups in total. The average molecular weight is 313 g/mol. The Balaban J connectivity index is 2.06. The van der Waals surface area contributed by atoms with Crippen LogP contribution >= 0.6 is 0 Å². The maximum atomic E-state index is 12.3. The molecule has 1 aliphatic rings. The second-order valence-corrected chi connectivity index (χ2v) is 7.63. The van der Waals surface area contributed by atoms with E-state index in [2.05, 4.69) is 4.72 Å². The van der Waals surface area contributed by atoms with E-state index >= 15 is 0 Å². The Morgan fingerprint density at radius 3 is 2.38 bits per heavy atom. The molecule has 0 aliphatic heterocycles. The maximum absolute atomic E-state index is 12.3. The fourth-order valence-electron chi connectivity index (χ4n) is 2.55. The molecule has 2 unspecified atom stereocenters. The van der Waals surface area contributed by atoms with Crippen molar-refractivity contribution in [3.8, 4) is 5.75 Å². The normalized spacial score (nSPS) is 23.0. The molecule has 2 atom stereocenters. The van der Waals surface area contributed by atoms with Gasteiger partial charge in [-0.2, -0.15) is 0 Å². The first-order valence-electron chi connectivity index (χ1n) is 7.35. The molecular formula is C15H23NO4S. The first kappa shape index (κ1) is 16.1. The van der Waals surface area contributed by atoms with Crippen LogP contribution in [-0.2, 0) is 10.0 Å². The van der Waals surface area contributed by atoms with Crippen LogP contribution in [0.15, 0.2) is 24.3 Å². The zero-order valence-corrected chi connectivity index (χ0v) is 13.3. The van der Waals surface area contributed by atoms with Crippen molar-refractivity contribution in [1.29, 1.82) is 0 Å². The summed E-state index contributed by atoms with van der Waals surface area (Å²) in [4.78, 5) is 0. The molecule has 2 rings (SSSR count). The Morgan fingerprint density at radius 1 is 1.19 bits per heavy atom. The van der Waals surface area contributed by atoms with Crippen LogP contribution in [0, 0.1) is 0 Å². The van der Waals surface area contributed by atoms with Gasteiger partial charge >= 0.3 is 0 Å². The van der Waals surface area contributed by atoms with Crippen LogP contribution in [0.4, 0.5) is 5.69 Å². The minimum atomic E-state index is -3.56. The standard InChI is InChI=1S/C15H23NO4S/c1-11(2)20-13-9-7-12(8-10-13)16-21(18,19)15-6-4-3-5-14(15)17/h7-11,14-17H,3-6H2,1-2H3. The Bertz CT molecular complexity index is 554. The van der Waals surface area contributed by atoms with Gasteiger partial charge < -0.3 is 9.84 Å². The summed E-state index contributed by atoms with van der Waals surface area (Å²) < 4.78 is 32.7. The van der Waals surface area contributed by atoms with Gasteiger partial charge in [0.15, 0.2) is 0 Å². The lowest BCUT2D eigenvalue weighted by Crippen LogP contribution is -2.40. The van der Waals surface area contributed by atoms with Crippen molar-refractivity contribution < 1.29 is 18.3 Å². The number of rotatable bonds is 5. The van der Waals surface area contributed by atoms with E-state index in [1.807, 2.05) is 13.8 Å². The quantitative estimate of drug-likeness (QED) is 0.876. The zero-order valence-electron chi connectivity index (χ0n) is 12.5. The number of nitrogens with one attached hydrogen (secondary N) is 1. The molecule has 21 heavy (non-hydrogen) atoms. The third kappa shape index (κ3) is 4.35. The highest BCUT2D eigenvalue weighted by molar-refractivity contribution is 7.93. The van der Waals surface area contributed by atoms with Crippen molar-refractivity contribution in [2.45, 2.75) is 57.0 Å². The highest BCUT2D eigenvalue weighted by atomic mass is 32.2. The van der Waals surface area contributed by atoms with E-state index in [4.69, 9.17) is 4.74 Å². The van der Waals surface area contributed by atoms with Gasteiger partial charge in [-0.15, -0.1) is 0 Å². The molecule has 0 bridgehead atoms. The number of sulfonamides is 1. The fourth-order valence-corrected chi connectivity index (χ4v) is 4.20. The van der Waals surface area contributed by atoms with Gasteiger partial charge in [0.05, 0.1) is 12.2 Å². The van der Waals surface area contributed by atoms with Crippen molar-refractivity contribution in [3.05, 3.63) is 24.3 Å². The lowest BCUT2D eigenvalue weighted by Gasteiger charge is -2.27. The van der Waals surface area contributed by atoms with E-state index in [9.17, 15) is 13.5 Å². The number of hydrogen-bond acceptors (Lipinski definition) is 4. The van der Waals surface area contributed by atoms with Crippen LogP contribution < -0.4 is 9.46 Å². The van der Waals surface area contributed by atoms with Gasteiger partial charge in [-0.3, -0.25) is 4.72 Å². The lowest BCUT2D eigenvalue weighted by atomic mass is 9.97. The van der Waals surface area contributed by atoms with Gasteiger partial charge in [-0.05, 0) is 51.0 Å². The summed E-state index contributed by atoms with van der Waals surface area (Å²) >= 11 is 0. The summed E-state index contributed by atoms with van der Waals surface area (Å²) in [6.07, 6.45) is 2.07. The van der Waals surface area contributed by atoms with Crippen LogP contribution in [0.5, 0.6) is 5.75 Å².